The van der Waals surface area contributed by atoms with Gasteiger partial charge < -0.3 is 10.0 Å². The highest BCUT2D eigenvalue weighted by atomic mass is 35.5. The number of hydrogen-bond donors (Lipinski definition) is 1. The normalized spacial score (nSPS) is 21.2. The molecule has 0 aromatic carbocycles. The first-order chi connectivity index (χ1) is 11.0. The number of nitriles is 1. The van der Waals surface area contributed by atoms with Gasteiger partial charge in [0.15, 0.2) is 0 Å². The van der Waals surface area contributed by atoms with Crippen LogP contribution in [0.15, 0.2) is 18.6 Å². The van der Waals surface area contributed by atoms with Gasteiger partial charge in [-0.25, -0.2) is 9.67 Å². The fourth-order valence-corrected chi connectivity index (χ4v) is 3.12. The zero-order valence-corrected chi connectivity index (χ0v) is 13.5. The second kappa shape index (κ2) is 6.14. The molecule has 2 aromatic heterocycles. The van der Waals surface area contributed by atoms with Crippen molar-refractivity contribution in [3.8, 4) is 6.07 Å². The molecule has 0 amide bonds. The van der Waals surface area contributed by atoms with Crippen molar-refractivity contribution in [3.05, 3.63) is 34.7 Å². The monoisotopic (exact) mass is 332 g/mol. The number of halogens is 1. The largest absolute Gasteiger partial charge is 0.386 e. The van der Waals surface area contributed by atoms with E-state index in [4.69, 9.17) is 11.6 Å². The highest BCUT2D eigenvalue weighted by Crippen LogP contribution is 2.31. The third kappa shape index (κ3) is 3.14. The molecule has 0 radical (unpaired) electrons. The first kappa shape index (κ1) is 15.7. The third-order valence-electron chi connectivity index (χ3n) is 4.15. The van der Waals surface area contributed by atoms with Crippen molar-refractivity contribution in [2.24, 2.45) is 0 Å². The Labute approximate surface area is 139 Å². The summed E-state index contributed by atoms with van der Waals surface area (Å²) in [6.07, 6.45) is 6.33. The van der Waals surface area contributed by atoms with Gasteiger partial charge in [-0.05, 0) is 25.3 Å². The van der Waals surface area contributed by atoms with E-state index in [-0.39, 0.29) is 0 Å². The highest BCUT2D eigenvalue weighted by Gasteiger charge is 2.35. The molecule has 1 atom stereocenters. The van der Waals surface area contributed by atoms with Gasteiger partial charge in [-0.15, -0.1) is 5.10 Å². The number of hydrogen-bond acceptors (Lipinski definition) is 6. The fraction of sp³-hybridized carbons (Fsp3) is 0.467. The Balaban J connectivity index is 1.87. The van der Waals surface area contributed by atoms with E-state index in [1.165, 1.54) is 0 Å². The van der Waals surface area contributed by atoms with E-state index in [2.05, 4.69) is 21.4 Å². The van der Waals surface area contributed by atoms with Gasteiger partial charge >= 0.3 is 0 Å². The van der Waals surface area contributed by atoms with Gasteiger partial charge in [-0.3, -0.25) is 0 Å². The van der Waals surface area contributed by atoms with Crippen LogP contribution in [0.2, 0.25) is 5.02 Å². The predicted molar refractivity (Wildman–Crippen MR) is 85.1 cm³/mol. The van der Waals surface area contributed by atoms with E-state index in [1.807, 2.05) is 4.90 Å². The van der Waals surface area contributed by atoms with Gasteiger partial charge in [0.05, 0.1) is 23.3 Å². The van der Waals surface area contributed by atoms with E-state index in [0.29, 0.717) is 41.5 Å². The summed E-state index contributed by atoms with van der Waals surface area (Å²) < 4.78 is 1.62. The van der Waals surface area contributed by atoms with Crippen molar-refractivity contribution in [2.75, 3.05) is 18.0 Å². The lowest BCUT2D eigenvalue weighted by Gasteiger charge is -2.40. The molecule has 23 heavy (non-hydrogen) atoms. The van der Waals surface area contributed by atoms with Gasteiger partial charge in [0.1, 0.15) is 17.5 Å². The molecule has 1 unspecified atom stereocenters. The maximum atomic E-state index is 10.9. The number of anilines is 1. The van der Waals surface area contributed by atoms with E-state index in [0.717, 1.165) is 13.0 Å². The fourth-order valence-electron chi connectivity index (χ4n) is 2.98. The number of rotatable bonds is 3. The maximum absolute atomic E-state index is 10.9. The van der Waals surface area contributed by atoms with Crippen LogP contribution >= 0.6 is 11.6 Å². The Bertz CT molecular complexity index is 741. The summed E-state index contributed by atoms with van der Waals surface area (Å²) in [4.78, 5) is 6.27. The van der Waals surface area contributed by atoms with E-state index >= 15 is 0 Å². The van der Waals surface area contributed by atoms with Crippen molar-refractivity contribution < 1.29 is 5.11 Å². The Hall–Kier alpha value is -2.17. The highest BCUT2D eigenvalue weighted by molar-refractivity contribution is 6.31. The Morgan fingerprint density at radius 1 is 1.52 bits per heavy atom. The van der Waals surface area contributed by atoms with Crippen LogP contribution in [0.25, 0.3) is 0 Å². The van der Waals surface area contributed by atoms with Crippen molar-refractivity contribution >= 4 is 17.4 Å². The van der Waals surface area contributed by atoms with Crippen LogP contribution in [-0.2, 0) is 6.54 Å². The summed E-state index contributed by atoms with van der Waals surface area (Å²) in [6.45, 7) is 3.29. The SMILES string of the molecule is Cc1c(Cl)cnc(N2CCCC(O)(Cn3ccnn3)C2)c1C#N. The summed E-state index contributed by atoms with van der Waals surface area (Å²) in [7, 11) is 0. The Kier molecular flexibility index (Phi) is 4.20. The van der Waals surface area contributed by atoms with Gasteiger partial charge in [-0.1, -0.05) is 16.8 Å². The van der Waals surface area contributed by atoms with Crippen LogP contribution < -0.4 is 4.90 Å². The summed E-state index contributed by atoms with van der Waals surface area (Å²) in [5.41, 5.74) is 0.237. The summed E-state index contributed by atoms with van der Waals surface area (Å²) in [6, 6.07) is 2.18. The molecule has 1 saturated heterocycles. The minimum atomic E-state index is -0.937. The minimum Gasteiger partial charge on any atom is -0.386 e. The lowest BCUT2D eigenvalue weighted by Crippen LogP contribution is -2.51. The molecule has 8 heteroatoms. The number of pyridine rings is 1. The third-order valence-corrected chi connectivity index (χ3v) is 4.53. The molecule has 2 aromatic rings. The van der Waals surface area contributed by atoms with Gasteiger partial charge in [0, 0.05) is 25.5 Å². The summed E-state index contributed by atoms with van der Waals surface area (Å²) in [5, 5.41) is 28.5. The molecular weight excluding hydrogens is 316 g/mol. The maximum Gasteiger partial charge on any atom is 0.146 e. The molecule has 1 N–H and O–H groups in total. The first-order valence-electron chi connectivity index (χ1n) is 7.39. The molecule has 0 bridgehead atoms. The molecule has 0 saturated carbocycles. The van der Waals surface area contributed by atoms with Crippen LogP contribution in [0, 0.1) is 18.3 Å². The van der Waals surface area contributed by atoms with Crippen molar-refractivity contribution in [3.63, 3.8) is 0 Å². The average molecular weight is 333 g/mol. The Morgan fingerprint density at radius 3 is 3.04 bits per heavy atom. The number of piperidine rings is 1. The molecule has 3 rings (SSSR count). The minimum absolute atomic E-state index is 0.359. The quantitative estimate of drug-likeness (QED) is 0.916. The van der Waals surface area contributed by atoms with Crippen molar-refractivity contribution in [1.29, 1.82) is 5.26 Å². The smallest absolute Gasteiger partial charge is 0.146 e. The topological polar surface area (TPSA) is 90.9 Å². The van der Waals surface area contributed by atoms with Crippen LogP contribution in [0.4, 0.5) is 5.82 Å². The molecular formula is C15H17ClN6O. The zero-order chi connectivity index (χ0) is 16.4. The number of aliphatic hydroxyl groups is 1. The standard InChI is InChI=1S/C15H17ClN6O/c1-11-12(7-17)14(18-8-13(11)16)21-5-2-3-15(23,9-21)10-22-6-4-19-20-22/h4,6,8,23H,2-3,5,9-10H2,1H3. The first-order valence-corrected chi connectivity index (χ1v) is 7.77. The van der Waals surface area contributed by atoms with Crippen molar-refractivity contribution in [1.82, 2.24) is 20.0 Å². The van der Waals surface area contributed by atoms with E-state index in [1.54, 1.807) is 30.2 Å². The number of nitrogens with zero attached hydrogens (tertiary/aromatic N) is 6. The van der Waals surface area contributed by atoms with E-state index in [9.17, 15) is 10.4 Å². The zero-order valence-electron chi connectivity index (χ0n) is 12.8. The number of β-amino-alcohol motifs (C(OH)–C–C–N with tert-alkyl or cyclic N) is 1. The van der Waals surface area contributed by atoms with Crippen molar-refractivity contribution in [2.45, 2.75) is 31.9 Å². The van der Waals surface area contributed by atoms with Crippen LogP contribution in [0.1, 0.15) is 24.0 Å². The van der Waals surface area contributed by atoms with Gasteiger partial charge in [0.25, 0.3) is 0 Å². The molecule has 120 valence electrons. The van der Waals surface area contributed by atoms with Gasteiger partial charge in [0.2, 0.25) is 0 Å². The van der Waals surface area contributed by atoms with Gasteiger partial charge in [-0.2, -0.15) is 5.26 Å². The molecule has 3 heterocycles. The second-order valence-electron chi connectivity index (χ2n) is 5.89. The molecule has 1 aliphatic heterocycles. The molecule has 1 aliphatic rings. The van der Waals surface area contributed by atoms with E-state index < -0.39 is 5.60 Å². The molecule has 1 fully saturated rings. The average Bonchev–Trinajstić information content (AvgIpc) is 3.02. The lowest BCUT2D eigenvalue weighted by molar-refractivity contribution is 0.00584. The second-order valence-corrected chi connectivity index (χ2v) is 6.30. The molecule has 7 nitrogen and oxygen atoms in total. The van der Waals surface area contributed by atoms with Crippen LogP contribution in [0.5, 0.6) is 0 Å². The molecule has 0 spiro atoms. The number of aromatic nitrogens is 4. The van der Waals surface area contributed by atoms with Crippen LogP contribution in [0.3, 0.4) is 0 Å². The summed E-state index contributed by atoms with van der Waals surface area (Å²) >= 11 is 6.05. The summed E-state index contributed by atoms with van der Waals surface area (Å²) in [5.74, 6) is 0.575. The van der Waals surface area contributed by atoms with Crippen LogP contribution in [-0.4, -0.2) is 43.8 Å². The predicted octanol–water partition coefficient (Wildman–Crippen LogP) is 1.54. The lowest BCUT2D eigenvalue weighted by atomic mass is 9.92. The Morgan fingerprint density at radius 2 is 2.35 bits per heavy atom. The molecule has 0 aliphatic carbocycles.